The van der Waals surface area contributed by atoms with E-state index in [1.165, 1.54) is 0 Å². The largest absolute Gasteiger partial charge is 0.508 e. The second kappa shape index (κ2) is 6.67. The number of imide groups is 1. The lowest BCUT2D eigenvalue weighted by atomic mass is 9.51. The van der Waals surface area contributed by atoms with Gasteiger partial charge in [0.1, 0.15) is 5.75 Å². The maximum Gasteiger partial charge on any atom is 0.229 e. The third kappa shape index (κ3) is 2.72. The molecular formula is C20H28N2O4. The van der Waals surface area contributed by atoms with Crippen molar-refractivity contribution in [1.82, 2.24) is 10.2 Å². The highest BCUT2D eigenvalue weighted by Crippen LogP contribution is 2.56. The summed E-state index contributed by atoms with van der Waals surface area (Å²) in [4.78, 5) is 25.2. The molecule has 0 radical (unpaired) electrons. The monoisotopic (exact) mass is 360 g/mol. The number of hydrogen-bond acceptors (Lipinski definition) is 5. The molecule has 0 spiro atoms. The number of carbonyl (C=O) groups is 2. The zero-order valence-electron chi connectivity index (χ0n) is 15.7. The van der Waals surface area contributed by atoms with Crippen molar-refractivity contribution in [1.29, 1.82) is 0 Å². The van der Waals surface area contributed by atoms with E-state index in [0.29, 0.717) is 32.1 Å². The van der Waals surface area contributed by atoms with Gasteiger partial charge in [-0.15, -0.1) is 0 Å². The molecule has 1 aromatic rings. The molecule has 6 nitrogen and oxygen atoms in total. The van der Waals surface area contributed by atoms with Gasteiger partial charge in [0.2, 0.25) is 12.3 Å². The van der Waals surface area contributed by atoms with Gasteiger partial charge in [0.25, 0.3) is 0 Å². The molecule has 2 fully saturated rings. The van der Waals surface area contributed by atoms with E-state index in [-0.39, 0.29) is 23.6 Å². The summed E-state index contributed by atoms with van der Waals surface area (Å²) >= 11 is 0. The van der Waals surface area contributed by atoms with E-state index in [1.54, 1.807) is 12.1 Å². The second-order valence-corrected chi connectivity index (χ2v) is 7.98. The number of phenolic OH excluding ortho intramolecular Hbond substituents is 1. The first kappa shape index (κ1) is 18.9. The molecule has 26 heavy (non-hydrogen) atoms. The van der Waals surface area contributed by atoms with E-state index in [2.05, 4.69) is 10.2 Å². The summed E-state index contributed by atoms with van der Waals surface area (Å²) in [5, 5.41) is 24.2. The van der Waals surface area contributed by atoms with Crippen molar-refractivity contribution in [3.8, 4) is 5.75 Å². The van der Waals surface area contributed by atoms with Crippen LogP contribution in [0.25, 0.3) is 0 Å². The number of nitrogens with zero attached hydrogens (tertiary/aromatic N) is 1. The predicted molar refractivity (Wildman–Crippen MR) is 97.7 cm³/mol. The molecule has 1 saturated heterocycles. The summed E-state index contributed by atoms with van der Waals surface area (Å²) in [5.41, 5.74) is 0.263. The van der Waals surface area contributed by atoms with E-state index in [1.807, 2.05) is 27.0 Å². The number of hydrogen-bond donors (Lipinski definition) is 3. The van der Waals surface area contributed by atoms with Crippen LogP contribution in [0.1, 0.15) is 43.7 Å². The van der Waals surface area contributed by atoms with Gasteiger partial charge in [-0.25, -0.2) is 0 Å². The van der Waals surface area contributed by atoms with Crippen molar-refractivity contribution in [3.05, 3.63) is 29.3 Å². The molecule has 1 aromatic carbocycles. The van der Waals surface area contributed by atoms with Crippen LogP contribution in [-0.2, 0) is 15.0 Å². The Labute approximate surface area is 154 Å². The lowest BCUT2D eigenvalue weighted by Crippen LogP contribution is -2.69. The minimum Gasteiger partial charge on any atom is -0.508 e. The number of aliphatic hydroxyl groups is 1. The van der Waals surface area contributed by atoms with Crippen LogP contribution in [0.3, 0.4) is 0 Å². The van der Waals surface area contributed by atoms with Crippen LogP contribution in [0.2, 0.25) is 0 Å². The Kier molecular flexibility index (Phi) is 4.84. The number of rotatable bonds is 3. The van der Waals surface area contributed by atoms with Crippen molar-refractivity contribution in [2.75, 3.05) is 13.6 Å². The predicted octanol–water partition coefficient (Wildman–Crippen LogP) is 1.47. The average molecular weight is 360 g/mol. The minimum absolute atomic E-state index is 0.0759. The fourth-order valence-electron chi connectivity index (χ4n) is 5.19. The van der Waals surface area contributed by atoms with Gasteiger partial charge in [-0.2, -0.15) is 0 Å². The third-order valence-electron chi connectivity index (χ3n) is 6.85. The standard InChI is InChI=1S/C20H28N2O4/c1-13-4-5-16(24)10-17(13)19-8-9-22(3)14(2)20(19,26)7-6-15(11-19)18(25)21-12-23/h4-5,10,12,14-15,24,26H,6-9,11H2,1-3H3,(H,21,23,25). The van der Waals surface area contributed by atoms with Crippen LogP contribution in [0.5, 0.6) is 5.75 Å². The SMILES string of the molecule is Cc1ccc(O)cc1C12CCN(C)C(C)C1(O)CCC(C(=O)NC=O)C2. The minimum atomic E-state index is -1.00. The van der Waals surface area contributed by atoms with E-state index in [4.69, 9.17) is 0 Å². The maximum absolute atomic E-state index is 12.4. The van der Waals surface area contributed by atoms with E-state index < -0.39 is 11.0 Å². The van der Waals surface area contributed by atoms with Gasteiger partial charge in [0.05, 0.1) is 5.60 Å². The smallest absolute Gasteiger partial charge is 0.229 e. The first-order chi connectivity index (χ1) is 12.2. The van der Waals surface area contributed by atoms with Crippen LogP contribution < -0.4 is 5.32 Å². The first-order valence-electron chi connectivity index (χ1n) is 9.22. The molecule has 1 aliphatic heterocycles. The summed E-state index contributed by atoms with van der Waals surface area (Å²) in [7, 11) is 2.01. The van der Waals surface area contributed by atoms with Crippen molar-refractivity contribution < 1.29 is 19.8 Å². The molecule has 6 heteroatoms. The molecule has 1 saturated carbocycles. The number of phenols is 1. The lowest BCUT2D eigenvalue weighted by molar-refractivity contribution is -0.163. The molecule has 1 aliphatic carbocycles. The van der Waals surface area contributed by atoms with Crippen molar-refractivity contribution in [2.45, 2.75) is 56.6 Å². The van der Waals surface area contributed by atoms with Crippen LogP contribution in [0.4, 0.5) is 0 Å². The van der Waals surface area contributed by atoms with E-state index in [9.17, 15) is 19.8 Å². The summed E-state index contributed by atoms with van der Waals surface area (Å²) in [6.07, 6.45) is 2.59. The Hall–Kier alpha value is -1.92. The number of aryl methyl sites for hydroxylation is 1. The maximum atomic E-state index is 12.4. The number of benzene rings is 1. The number of amides is 2. The van der Waals surface area contributed by atoms with Crippen LogP contribution in [0.15, 0.2) is 18.2 Å². The molecular weight excluding hydrogens is 332 g/mol. The average Bonchev–Trinajstić information content (AvgIpc) is 2.61. The van der Waals surface area contributed by atoms with Gasteiger partial charge < -0.3 is 15.1 Å². The Morgan fingerprint density at radius 3 is 2.81 bits per heavy atom. The molecule has 0 bridgehead atoms. The molecule has 2 amide bonds. The number of nitrogens with one attached hydrogen (secondary N) is 1. The molecule has 3 rings (SSSR count). The normalized spacial score (nSPS) is 34.8. The fourth-order valence-corrected chi connectivity index (χ4v) is 5.19. The van der Waals surface area contributed by atoms with Gasteiger partial charge >= 0.3 is 0 Å². The molecule has 2 aliphatic rings. The highest BCUT2D eigenvalue weighted by atomic mass is 16.3. The summed E-state index contributed by atoms with van der Waals surface area (Å²) in [6, 6.07) is 5.16. The highest BCUT2D eigenvalue weighted by Gasteiger charge is 2.61. The van der Waals surface area contributed by atoms with Gasteiger partial charge in [0.15, 0.2) is 0 Å². The number of piperidine rings is 1. The van der Waals surface area contributed by atoms with Gasteiger partial charge in [0, 0.05) is 17.4 Å². The summed E-state index contributed by atoms with van der Waals surface area (Å²) in [6.45, 7) is 4.79. The number of fused-ring (bicyclic) bond motifs is 1. The summed E-state index contributed by atoms with van der Waals surface area (Å²) in [5.74, 6) is -0.461. The summed E-state index contributed by atoms with van der Waals surface area (Å²) < 4.78 is 0. The van der Waals surface area contributed by atoms with Crippen LogP contribution in [-0.4, -0.2) is 52.7 Å². The van der Waals surface area contributed by atoms with Crippen molar-refractivity contribution in [3.63, 3.8) is 0 Å². The fraction of sp³-hybridized carbons (Fsp3) is 0.600. The number of likely N-dealkylation sites (tertiary alicyclic amines) is 1. The number of likely N-dealkylation sites (N-methyl/N-ethyl adjacent to an activating group) is 1. The zero-order chi connectivity index (χ0) is 19.1. The number of carbonyl (C=O) groups excluding carboxylic acids is 2. The molecule has 4 unspecified atom stereocenters. The van der Waals surface area contributed by atoms with Gasteiger partial charge in [-0.05, 0) is 76.4 Å². The zero-order valence-corrected chi connectivity index (χ0v) is 15.7. The Morgan fingerprint density at radius 2 is 2.12 bits per heavy atom. The van der Waals surface area contributed by atoms with Crippen LogP contribution >= 0.6 is 0 Å². The van der Waals surface area contributed by atoms with Crippen molar-refractivity contribution >= 4 is 12.3 Å². The lowest BCUT2D eigenvalue weighted by Gasteiger charge is -2.61. The highest BCUT2D eigenvalue weighted by molar-refractivity contribution is 5.87. The molecule has 1 heterocycles. The topological polar surface area (TPSA) is 89.9 Å². The quantitative estimate of drug-likeness (QED) is 0.710. The Bertz CT molecular complexity index is 722. The second-order valence-electron chi connectivity index (χ2n) is 7.98. The van der Waals surface area contributed by atoms with E-state index >= 15 is 0 Å². The van der Waals surface area contributed by atoms with Gasteiger partial charge in [-0.3, -0.25) is 14.9 Å². The van der Waals surface area contributed by atoms with Crippen LogP contribution in [0, 0.1) is 12.8 Å². The molecule has 4 atom stereocenters. The Balaban J connectivity index is 2.13. The van der Waals surface area contributed by atoms with Crippen molar-refractivity contribution in [2.24, 2.45) is 5.92 Å². The van der Waals surface area contributed by atoms with E-state index in [0.717, 1.165) is 17.7 Å². The Morgan fingerprint density at radius 1 is 1.38 bits per heavy atom. The molecule has 142 valence electrons. The first-order valence-corrected chi connectivity index (χ1v) is 9.22. The van der Waals surface area contributed by atoms with Gasteiger partial charge in [-0.1, -0.05) is 6.07 Å². The number of aromatic hydroxyl groups is 1. The molecule has 3 N–H and O–H groups in total. The molecule has 0 aromatic heterocycles. The third-order valence-corrected chi connectivity index (χ3v) is 6.85.